The maximum Gasteiger partial charge on any atom is 0.277 e. The number of hydrogen-bond donors (Lipinski definition) is 0. The molecule has 1 aromatic heterocycles. The largest absolute Gasteiger partial charge is 0.497 e. The van der Waals surface area contributed by atoms with E-state index in [1.54, 1.807) is 12.1 Å². The van der Waals surface area contributed by atoms with Gasteiger partial charge in [0.2, 0.25) is 5.89 Å². The molecule has 5 rings (SSSR count). The van der Waals surface area contributed by atoms with Crippen molar-refractivity contribution in [2.24, 2.45) is 5.10 Å². The zero-order chi connectivity index (χ0) is 23.3. The van der Waals surface area contributed by atoms with E-state index in [9.17, 15) is 4.79 Å². The predicted octanol–water partition coefficient (Wildman–Crippen LogP) is 5.22. The number of aromatic nitrogens is 2. The van der Waals surface area contributed by atoms with Gasteiger partial charge < -0.3 is 9.15 Å². The van der Waals surface area contributed by atoms with Crippen molar-refractivity contribution in [3.63, 3.8) is 0 Å². The van der Waals surface area contributed by atoms with Crippen molar-refractivity contribution in [1.82, 2.24) is 15.2 Å². The molecule has 1 aliphatic heterocycles. The highest BCUT2D eigenvalue weighted by atomic mass is 32.2. The van der Waals surface area contributed by atoms with Gasteiger partial charge in [-0.05, 0) is 35.4 Å². The van der Waals surface area contributed by atoms with Gasteiger partial charge in [0.25, 0.3) is 11.1 Å². The van der Waals surface area contributed by atoms with E-state index in [0.29, 0.717) is 17.5 Å². The quantitative estimate of drug-likeness (QED) is 0.345. The first-order valence-electron chi connectivity index (χ1n) is 10.8. The summed E-state index contributed by atoms with van der Waals surface area (Å²) >= 11 is 1.21. The smallest absolute Gasteiger partial charge is 0.277 e. The van der Waals surface area contributed by atoms with E-state index < -0.39 is 0 Å². The van der Waals surface area contributed by atoms with Crippen LogP contribution in [-0.4, -0.2) is 39.7 Å². The number of thioether (sulfide) groups is 1. The third-order valence-corrected chi connectivity index (χ3v) is 6.32. The van der Waals surface area contributed by atoms with Crippen LogP contribution in [0, 0.1) is 0 Å². The van der Waals surface area contributed by atoms with E-state index in [2.05, 4.69) is 10.2 Å². The second kappa shape index (κ2) is 9.93. The Kier molecular flexibility index (Phi) is 6.40. The Balaban J connectivity index is 1.34. The summed E-state index contributed by atoms with van der Waals surface area (Å²) in [5, 5.41) is 14.8. The van der Waals surface area contributed by atoms with Gasteiger partial charge in [0.15, 0.2) is 0 Å². The van der Waals surface area contributed by atoms with Crippen LogP contribution in [0.15, 0.2) is 99.7 Å². The highest BCUT2D eigenvalue weighted by molar-refractivity contribution is 7.99. The molecule has 4 aromatic rings. The summed E-state index contributed by atoms with van der Waals surface area (Å²) < 4.78 is 11.0. The number of amides is 1. The van der Waals surface area contributed by atoms with Gasteiger partial charge in [0, 0.05) is 12.0 Å². The molecule has 0 saturated carbocycles. The molecular formula is C26H22N4O3S. The summed E-state index contributed by atoms with van der Waals surface area (Å²) in [5.41, 5.74) is 3.72. The Bertz CT molecular complexity index is 1290. The number of carbonyl (C=O) groups is 1. The maximum atomic E-state index is 13.3. The van der Waals surface area contributed by atoms with Gasteiger partial charge in [-0.15, -0.1) is 10.2 Å². The van der Waals surface area contributed by atoms with Crippen LogP contribution >= 0.6 is 11.8 Å². The highest BCUT2D eigenvalue weighted by Gasteiger charge is 2.33. The monoisotopic (exact) mass is 470 g/mol. The fraction of sp³-hybridized carbons (Fsp3) is 0.154. The van der Waals surface area contributed by atoms with Gasteiger partial charge in [0.05, 0.1) is 24.6 Å². The summed E-state index contributed by atoms with van der Waals surface area (Å²) in [6.45, 7) is 0. The zero-order valence-corrected chi connectivity index (χ0v) is 19.3. The fourth-order valence-electron chi connectivity index (χ4n) is 3.79. The molecule has 0 saturated heterocycles. The molecule has 1 amide bonds. The number of hydrazone groups is 1. The molecule has 3 aromatic carbocycles. The molecule has 1 atom stereocenters. The van der Waals surface area contributed by atoms with Crippen molar-refractivity contribution in [3.05, 3.63) is 96.1 Å². The van der Waals surface area contributed by atoms with E-state index >= 15 is 0 Å². The lowest BCUT2D eigenvalue weighted by Crippen LogP contribution is -2.28. The lowest BCUT2D eigenvalue weighted by molar-refractivity contribution is -0.130. The van der Waals surface area contributed by atoms with Crippen LogP contribution < -0.4 is 4.74 Å². The van der Waals surface area contributed by atoms with Crippen LogP contribution in [0.5, 0.6) is 5.75 Å². The Morgan fingerprint density at radius 2 is 1.65 bits per heavy atom. The summed E-state index contributed by atoms with van der Waals surface area (Å²) in [5.74, 6) is 1.20. The Morgan fingerprint density at radius 1 is 0.971 bits per heavy atom. The number of nitrogens with zero attached hydrogens (tertiary/aromatic N) is 4. The molecule has 0 radical (unpaired) electrons. The average Bonchev–Trinajstić information content (AvgIpc) is 3.56. The van der Waals surface area contributed by atoms with Crippen LogP contribution in [-0.2, 0) is 4.79 Å². The van der Waals surface area contributed by atoms with Gasteiger partial charge in [0.1, 0.15) is 5.75 Å². The second-order valence-electron chi connectivity index (χ2n) is 7.67. The Hall–Kier alpha value is -3.91. The van der Waals surface area contributed by atoms with Gasteiger partial charge in [-0.3, -0.25) is 4.79 Å². The van der Waals surface area contributed by atoms with Crippen LogP contribution in [0.4, 0.5) is 0 Å². The van der Waals surface area contributed by atoms with Crippen LogP contribution in [0.25, 0.3) is 11.5 Å². The van der Waals surface area contributed by atoms with E-state index in [1.807, 2.05) is 84.9 Å². The molecule has 0 fully saturated rings. The zero-order valence-electron chi connectivity index (χ0n) is 18.5. The van der Waals surface area contributed by atoms with Crippen molar-refractivity contribution in [1.29, 1.82) is 0 Å². The summed E-state index contributed by atoms with van der Waals surface area (Å²) in [7, 11) is 1.63. The molecule has 8 heteroatoms. The number of hydrogen-bond acceptors (Lipinski definition) is 7. The Labute approximate surface area is 201 Å². The molecule has 0 bridgehead atoms. The molecule has 0 N–H and O–H groups in total. The molecule has 1 aliphatic rings. The second-order valence-corrected chi connectivity index (χ2v) is 8.60. The van der Waals surface area contributed by atoms with Crippen molar-refractivity contribution < 1.29 is 13.9 Å². The maximum absolute atomic E-state index is 13.3. The fourth-order valence-corrected chi connectivity index (χ4v) is 4.40. The van der Waals surface area contributed by atoms with E-state index in [-0.39, 0.29) is 17.7 Å². The lowest BCUT2D eigenvalue weighted by Gasteiger charge is -2.22. The summed E-state index contributed by atoms with van der Waals surface area (Å²) in [6.07, 6.45) is 0.630. The van der Waals surface area contributed by atoms with Crippen molar-refractivity contribution in [2.75, 3.05) is 12.9 Å². The number of rotatable bonds is 7. The molecular weight excluding hydrogens is 448 g/mol. The van der Waals surface area contributed by atoms with Crippen LogP contribution in [0.1, 0.15) is 23.6 Å². The first-order chi connectivity index (χ1) is 16.7. The summed E-state index contributed by atoms with van der Waals surface area (Å²) in [6, 6.07) is 27.0. The standard InChI is InChI=1S/C26H22N4O3S/c1-32-21-14-12-19(13-15-21)23-16-22(18-8-4-2-5-9-18)29-30(23)24(31)17-34-26-28-27-25(33-26)20-10-6-3-7-11-20/h2-15,23H,16-17H2,1H3. The van der Waals surface area contributed by atoms with E-state index in [4.69, 9.17) is 14.3 Å². The number of carbonyl (C=O) groups excluding carboxylic acids is 1. The Morgan fingerprint density at radius 3 is 2.32 bits per heavy atom. The minimum Gasteiger partial charge on any atom is -0.497 e. The molecule has 7 nitrogen and oxygen atoms in total. The van der Waals surface area contributed by atoms with Gasteiger partial charge >= 0.3 is 0 Å². The number of benzene rings is 3. The summed E-state index contributed by atoms with van der Waals surface area (Å²) in [4.78, 5) is 13.3. The average molecular weight is 471 g/mol. The minimum atomic E-state index is -0.197. The molecule has 34 heavy (non-hydrogen) atoms. The SMILES string of the molecule is COc1ccc(C2CC(c3ccccc3)=NN2C(=O)CSc2nnc(-c3ccccc3)o2)cc1. The van der Waals surface area contributed by atoms with Gasteiger partial charge in [-0.2, -0.15) is 5.10 Å². The van der Waals surface area contributed by atoms with Crippen molar-refractivity contribution in [3.8, 4) is 17.2 Å². The van der Waals surface area contributed by atoms with Crippen molar-refractivity contribution >= 4 is 23.4 Å². The molecule has 170 valence electrons. The number of ether oxygens (including phenoxy) is 1. The van der Waals surface area contributed by atoms with Crippen LogP contribution in [0.3, 0.4) is 0 Å². The lowest BCUT2D eigenvalue weighted by atomic mass is 9.98. The first kappa shape index (κ1) is 21.9. The van der Waals surface area contributed by atoms with Gasteiger partial charge in [-0.25, -0.2) is 5.01 Å². The number of methoxy groups -OCH3 is 1. The molecule has 0 spiro atoms. The van der Waals surface area contributed by atoms with E-state index in [1.165, 1.54) is 11.8 Å². The minimum absolute atomic E-state index is 0.129. The van der Waals surface area contributed by atoms with E-state index in [0.717, 1.165) is 28.2 Å². The first-order valence-corrected chi connectivity index (χ1v) is 11.8. The van der Waals surface area contributed by atoms with Crippen LogP contribution in [0.2, 0.25) is 0 Å². The highest BCUT2D eigenvalue weighted by Crippen LogP contribution is 2.34. The van der Waals surface area contributed by atoms with Gasteiger partial charge in [-0.1, -0.05) is 72.4 Å². The molecule has 0 aliphatic carbocycles. The third-order valence-electron chi connectivity index (χ3n) is 5.52. The molecule has 1 unspecified atom stereocenters. The normalized spacial score (nSPS) is 15.3. The molecule has 2 heterocycles. The topological polar surface area (TPSA) is 80.8 Å². The third kappa shape index (κ3) is 4.72. The predicted molar refractivity (Wildman–Crippen MR) is 131 cm³/mol. The van der Waals surface area contributed by atoms with Crippen molar-refractivity contribution in [2.45, 2.75) is 17.7 Å².